The van der Waals surface area contributed by atoms with Crippen molar-refractivity contribution in [1.82, 2.24) is 4.90 Å². The molecule has 1 aromatic rings. The van der Waals surface area contributed by atoms with Crippen molar-refractivity contribution in [3.8, 4) is 0 Å². The van der Waals surface area contributed by atoms with Gasteiger partial charge in [-0.15, -0.1) is 0 Å². The highest BCUT2D eigenvalue weighted by Crippen LogP contribution is 2.13. The van der Waals surface area contributed by atoms with Crippen LogP contribution < -0.4 is 11.5 Å². The van der Waals surface area contributed by atoms with Crippen LogP contribution in [0.15, 0.2) is 16.5 Å². The summed E-state index contributed by atoms with van der Waals surface area (Å²) >= 11 is 0. The van der Waals surface area contributed by atoms with Gasteiger partial charge in [-0.05, 0) is 32.9 Å². The van der Waals surface area contributed by atoms with Gasteiger partial charge < -0.3 is 20.8 Å². The molecule has 6 heteroatoms. The Morgan fingerprint density at radius 1 is 1.37 bits per heavy atom. The van der Waals surface area contributed by atoms with Crippen molar-refractivity contribution < 1.29 is 14.0 Å². The molecular formula is C13H21N3O3. The second-order valence-corrected chi connectivity index (χ2v) is 4.85. The van der Waals surface area contributed by atoms with E-state index in [4.69, 9.17) is 15.9 Å². The fourth-order valence-electron chi connectivity index (χ4n) is 1.77. The predicted octanol–water partition coefficient (Wildman–Crippen LogP) is 0.528. The summed E-state index contributed by atoms with van der Waals surface area (Å²) in [6.07, 6.45) is -0.154. The van der Waals surface area contributed by atoms with Gasteiger partial charge in [0.15, 0.2) is 0 Å². The van der Waals surface area contributed by atoms with Crippen LogP contribution in [0.3, 0.4) is 0 Å². The van der Waals surface area contributed by atoms with Crippen LogP contribution in [-0.2, 0) is 16.1 Å². The fourth-order valence-corrected chi connectivity index (χ4v) is 1.77. The molecule has 0 aliphatic heterocycles. The number of furan rings is 1. The molecule has 1 heterocycles. The molecule has 0 saturated carbocycles. The van der Waals surface area contributed by atoms with Crippen LogP contribution in [0.1, 0.15) is 31.8 Å². The lowest BCUT2D eigenvalue weighted by Crippen LogP contribution is -2.47. The van der Waals surface area contributed by atoms with Gasteiger partial charge in [-0.2, -0.15) is 0 Å². The molecule has 0 saturated heterocycles. The summed E-state index contributed by atoms with van der Waals surface area (Å²) in [7, 11) is 0. The van der Waals surface area contributed by atoms with Crippen LogP contribution in [0.25, 0.3) is 0 Å². The smallest absolute Gasteiger partial charge is 0.240 e. The molecule has 4 N–H and O–H groups in total. The second-order valence-electron chi connectivity index (χ2n) is 4.85. The first-order valence-corrected chi connectivity index (χ1v) is 6.21. The molecule has 1 atom stereocenters. The number of nitrogens with zero attached hydrogens (tertiary/aromatic N) is 1. The second kappa shape index (κ2) is 6.38. The predicted molar refractivity (Wildman–Crippen MR) is 70.9 cm³/mol. The van der Waals surface area contributed by atoms with E-state index in [9.17, 15) is 9.59 Å². The zero-order valence-electron chi connectivity index (χ0n) is 11.6. The van der Waals surface area contributed by atoms with Crippen LogP contribution in [0.5, 0.6) is 0 Å². The summed E-state index contributed by atoms with van der Waals surface area (Å²) in [6, 6.07) is 2.70. The van der Waals surface area contributed by atoms with E-state index in [-0.39, 0.29) is 18.4 Å². The van der Waals surface area contributed by atoms with Crippen molar-refractivity contribution in [2.45, 2.75) is 45.8 Å². The van der Waals surface area contributed by atoms with Crippen molar-refractivity contribution in [3.05, 3.63) is 23.7 Å². The Morgan fingerprint density at radius 3 is 2.42 bits per heavy atom. The number of primary amides is 1. The molecule has 0 spiro atoms. The van der Waals surface area contributed by atoms with Gasteiger partial charge in [0.1, 0.15) is 11.5 Å². The van der Waals surface area contributed by atoms with Crippen LogP contribution in [0.2, 0.25) is 0 Å². The third-order valence-electron chi connectivity index (χ3n) is 2.77. The van der Waals surface area contributed by atoms with E-state index in [1.165, 1.54) is 0 Å². The third kappa shape index (κ3) is 4.40. The van der Waals surface area contributed by atoms with Crippen molar-refractivity contribution in [2.24, 2.45) is 11.5 Å². The van der Waals surface area contributed by atoms with Gasteiger partial charge in [-0.25, -0.2) is 0 Å². The topological polar surface area (TPSA) is 103 Å². The largest absolute Gasteiger partial charge is 0.464 e. The minimum atomic E-state index is -0.907. The van der Waals surface area contributed by atoms with Gasteiger partial charge in [0.05, 0.1) is 19.0 Å². The zero-order valence-corrected chi connectivity index (χ0v) is 11.6. The van der Waals surface area contributed by atoms with Crippen molar-refractivity contribution >= 4 is 11.8 Å². The SMILES string of the molecule is Cc1ccc(CN(C(=O)C(N)CC(N)=O)C(C)C)o1. The van der Waals surface area contributed by atoms with Crippen molar-refractivity contribution in [3.63, 3.8) is 0 Å². The van der Waals surface area contributed by atoms with E-state index in [0.717, 1.165) is 5.76 Å². The van der Waals surface area contributed by atoms with E-state index in [1.807, 2.05) is 32.9 Å². The molecule has 0 fully saturated rings. The number of hydrogen-bond donors (Lipinski definition) is 2. The summed E-state index contributed by atoms with van der Waals surface area (Å²) in [5.41, 5.74) is 10.7. The Bertz CT molecular complexity index is 454. The molecule has 19 heavy (non-hydrogen) atoms. The summed E-state index contributed by atoms with van der Waals surface area (Å²) in [5.74, 6) is 0.583. The maximum atomic E-state index is 12.2. The molecule has 6 nitrogen and oxygen atoms in total. The highest BCUT2D eigenvalue weighted by atomic mass is 16.3. The molecule has 0 aliphatic carbocycles. The summed E-state index contributed by atoms with van der Waals surface area (Å²) in [6.45, 7) is 5.93. The molecule has 0 aromatic carbocycles. The number of carbonyl (C=O) groups is 2. The maximum Gasteiger partial charge on any atom is 0.240 e. The van der Waals surface area contributed by atoms with Gasteiger partial charge in [-0.1, -0.05) is 0 Å². The fraction of sp³-hybridized carbons (Fsp3) is 0.538. The van der Waals surface area contributed by atoms with E-state index >= 15 is 0 Å². The normalized spacial score (nSPS) is 12.5. The lowest BCUT2D eigenvalue weighted by Gasteiger charge is -2.28. The lowest BCUT2D eigenvalue weighted by molar-refractivity contribution is -0.137. The highest BCUT2D eigenvalue weighted by molar-refractivity contribution is 5.87. The first-order valence-electron chi connectivity index (χ1n) is 6.21. The van der Waals surface area contributed by atoms with Crippen molar-refractivity contribution in [2.75, 3.05) is 0 Å². The number of nitrogens with two attached hydrogens (primary N) is 2. The molecule has 0 bridgehead atoms. The molecule has 0 aliphatic rings. The molecular weight excluding hydrogens is 246 g/mol. The molecule has 106 valence electrons. The standard InChI is InChI=1S/C13H21N3O3/c1-8(2)16(7-10-5-4-9(3)19-10)13(18)11(14)6-12(15)17/h4-5,8,11H,6-7,14H2,1-3H3,(H2,15,17). The number of hydrogen-bond acceptors (Lipinski definition) is 4. The van der Waals surface area contributed by atoms with Gasteiger partial charge in [0.25, 0.3) is 0 Å². The van der Waals surface area contributed by atoms with E-state index < -0.39 is 11.9 Å². The third-order valence-corrected chi connectivity index (χ3v) is 2.77. The maximum absolute atomic E-state index is 12.2. The summed E-state index contributed by atoms with van der Waals surface area (Å²) in [5, 5.41) is 0. The minimum absolute atomic E-state index is 0.0446. The Kier molecular flexibility index (Phi) is 5.11. The quantitative estimate of drug-likeness (QED) is 0.784. The average molecular weight is 267 g/mol. The summed E-state index contributed by atoms with van der Waals surface area (Å²) in [4.78, 5) is 24.6. The highest BCUT2D eigenvalue weighted by Gasteiger charge is 2.25. The summed E-state index contributed by atoms with van der Waals surface area (Å²) < 4.78 is 5.45. The van der Waals surface area contributed by atoms with Gasteiger partial charge in [0, 0.05) is 6.04 Å². The Labute approximate surface area is 112 Å². The Balaban J connectivity index is 2.77. The van der Waals surface area contributed by atoms with E-state index in [1.54, 1.807) is 4.90 Å². The van der Waals surface area contributed by atoms with Gasteiger partial charge >= 0.3 is 0 Å². The zero-order chi connectivity index (χ0) is 14.6. The average Bonchev–Trinajstić information content (AvgIpc) is 2.69. The molecule has 2 amide bonds. The molecule has 1 aromatic heterocycles. The first-order chi connectivity index (χ1) is 8.81. The Hall–Kier alpha value is -1.82. The van der Waals surface area contributed by atoms with Crippen LogP contribution in [0, 0.1) is 6.92 Å². The van der Waals surface area contributed by atoms with E-state index in [2.05, 4.69) is 0 Å². The van der Waals surface area contributed by atoms with Crippen LogP contribution in [0.4, 0.5) is 0 Å². The van der Waals surface area contributed by atoms with Crippen molar-refractivity contribution in [1.29, 1.82) is 0 Å². The number of rotatable bonds is 6. The minimum Gasteiger partial charge on any atom is -0.464 e. The van der Waals surface area contributed by atoms with Crippen LogP contribution >= 0.6 is 0 Å². The Morgan fingerprint density at radius 2 is 2.00 bits per heavy atom. The van der Waals surface area contributed by atoms with Crippen LogP contribution in [-0.4, -0.2) is 28.8 Å². The molecule has 1 rings (SSSR count). The van der Waals surface area contributed by atoms with Gasteiger partial charge in [0.2, 0.25) is 11.8 Å². The molecule has 0 radical (unpaired) electrons. The molecule has 1 unspecified atom stereocenters. The number of aryl methyl sites for hydroxylation is 1. The number of amides is 2. The van der Waals surface area contributed by atoms with Gasteiger partial charge in [-0.3, -0.25) is 9.59 Å². The lowest BCUT2D eigenvalue weighted by atomic mass is 10.1. The number of carbonyl (C=O) groups excluding carboxylic acids is 2. The first kappa shape index (κ1) is 15.2. The monoisotopic (exact) mass is 267 g/mol. The van der Waals surface area contributed by atoms with E-state index in [0.29, 0.717) is 12.3 Å².